The molecule has 0 aromatic heterocycles. The Bertz CT molecular complexity index is 562. The van der Waals surface area contributed by atoms with E-state index in [4.69, 9.17) is 0 Å². The number of imide groups is 2. The first-order valence-electron chi connectivity index (χ1n) is 7.44. The van der Waals surface area contributed by atoms with Crippen LogP contribution in [0.1, 0.15) is 26.3 Å². The summed E-state index contributed by atoms with van der Waals surface area (Å²) in [6.45, 7) is 7.18. The third-order valence-corrected chi connectivity index (χ3v) is 4.39. The molecule has 1 fully saturated rings. The molecule has 1 saturated heterocycles. The van der Waals surface area contributed by atoms with E-state index in [0.29, 0.717) is 18.7 Å². The maximum atomic E-state index is 12.7. The highest BCUT2D eigenvalue weighted by molar-refractivity contribution is 6.23. The molecule has 1 aromatic rings. The zero-order chi connectivity index (χ0) is 16.3. The third kappa shape index (κ3) is 2.39. The van der Waals surface area contributed by atoms with E-state index >= 15 is 0 Å². The van der Waals surface area contributed by atoms with E-state index in [9.17, 15) is 14.4 Å². The van der Waals surface area contributed by atoms with Gasteiger partial charge in [-0.2, -0.15) is 0 Å². The van der Waals surface area contributed by atoms with E-state index in [0.717, 1.165) is 0 Å². The summed E-state index contributed by atoms with van der Waals surface area (Å²) in [5.74, 6) is -1.15. The summed E-state index contributed by atoms with van der Waals surface area (Å²) < 4.78 is 0. The highest BCUT2D eigenvalue weighted by Crippen LogP contribution is 2.33. The number of carbonyl (C=O) groups excluding carboxylic acids is 3. The van der Waals surface area contributed by atoms with Crippen molar-refractivity contribution in [2.45, 2.75) is 32.2 Å². The molecule has 2 rings (SSSR count). The number of hydrogen-bond donors (Lipinski definition) is 2. The predicted molar refractivity (Wildman–Crippen MR) is 82.2 cm³/mol. The maximum absolute atomic E-state index is 12.7. The Hall–Kier alpha value is -2.21. The van der Waals surface area contributed by atoms with Crippen LogP contribution in [0.5, 0.6) is 0 Å². The van der Waals surface area contributed by atoms with E-state index in [-0.39, 0.29) is 0 Å². The van der Waals surface area contributed by atoms with Crippen LogP contribution in [0.2, 0.25) is 0 Å². The Kier molecular flexibility index (Phi) is 4.61. The van der Waals surface area contributed by atoms with Crippen LogP contribution < -0.4 is 10.6 Å². The second-order valence-corrected chi connectivity index (χ2v) is 5.31. The zero-order valence-corrected chi connectivity index (χ0v) is 13.1. The second-order valence-electron chi connectivity index (χ2n) is 5.31. The topological polar surface area (TPSA) is 78.5 Å². The maximum Gasteiger partial charge on any atom is 0.328 e. The molecule has 0 saturated carbocycles. The van der Waals surface area contributed by atoms with Crippen LogP contribution >= 0.6 is 0 Å². The van der Waals surface area contributed by atoms with Crippen molar-refractivity contribution in [3.63, 3.8) is 0 Å². The van der Waals surface area contributed by atoms with Gasteiger partial charge in [-0.1, -0.05) is 44.2 Å². The number of amides is 4. The van der Waals surface area contributed by atoms with Crippen LogP contribution in [0.3, 0.4) is 0 Å². The van der Waals surface area contributed by atoms with Gasteiger partial charge in [0.15, 0.2) is 5.41 Å². The molecule has 1 heterocycles. The summed E-state index contributed by atoms with van der Waals surface area (Å²) in [4.78, 5) is 38.9. The van der Waals surface area contributed by atoms with Crippen molar-refractivity contribution in [1.29, 1.82) is 0 Å². The minimum absolute atomic E-state index is 0.391. The molecular weight excluding hydrogens is 282 g/mol. The Morgan fingerprint density at radius 3 is 1.95 bits per heavy atom. The van der Waals surface area contributed by atoms with Gasteiger partial charge in [0.25, 0.3) is 0 Å². The fourth-order valence-corrected chi connectivity index (χ4v) is 3.17. The fourth-order valence-electron chi connectivity index (χ4n) is 3.17. The molecule has 6 heteroatoms. The van der Waals surface area contributed by atoms with Crippen LogP contribution in [-0.2, 0) is 15.0 Å². The summed E-state index contributed by atoms with van der Waals surface area (Å²) in [5.41, 5.74) is -0.863. The lowest BCUT2D eigenvalue weighted by molar-refractivity contribution is -0.142. The number of barbiturate groups is 1. The number of nitrogens with one attached hydrogen (secondary N) is 2. The number of hydrogen-bond acceptors (Lipinski definition) is 4. The lowest BCUT2D eigenvalue weighted by atomic mass is 9.71. The van der Waals surface area contributed by atoms with E-state index in [2.05, 4.69) is 10.6 Å². The van der Waals surface area contributed by atoms with Gasteiger partial charge < -0.3 is 0 Å². The van der Waals surface area contributed by atoms with Crippen molar-refractivity contribution >= 4 is 17.8 Å². The average molecular weight is 303 g/mol. The Labute approximate surface area is 129 Å². The van der Waals surface area contributed by atoms with Gasteiger partial charge in [0.1, 0.15) is 0 Å². The molecule has 0 bridgehead atoms. The first-order valence-corrected chi connectivity index (χ1v) is 7.44. The van der Waals surface area contributed by atoms with Gasteiger partial charge in [-0.25, -0.2) is 4.79 Å². The number of carbonyl (C=O) groups is 3. The molecule has 22 heavy (non-hydrogen) atoms. The van der Waals surface area contributed by atoms with Crippen molar-refractivity contribution < 1.29 is 14.4 Å². The van der Waals surface area contributed by atoms with E-state index < -0.39 is 29.3 Å². The van der Waals surface area contributed by atoms with Crippen molar-refractivity contribution in [2.75, 3.05) is 13.1 Å². The monoisotopic (exact) mass is 303 g/mol. The van der Waals surface area contributed by atoms with E-state index in [1.165, 1.54) is 0 Å². The summed E-state index contributed by atoms with van der Waals surface area (Å²) >= 11 is 0. The van der Waals surface area contributed by atoms with Crippen LogP contribution in [-0.4, -0.2) is 41.9 Å². The standard InChI is InChI=1S/C16H21N3O3/c1-4-19(5-2)11(3)16(12-9-7-6-8-10-12)13(20)17-15(22)18-14(16)21/h6-11H,4-5H2,1-3H3,(H2,17,18,20,21,22). The van der Waals surface area contributed by atoms with Crippen molar-refractivity contribution in [3.8, 4) is 0 Å². The number of benzene rings is 1. The number of likely N-dealkylation sites (N-methyl/N-ethyl adjacent to an activating group) is 1. The Morgan fingerprint density at radius 1 is 1.00 bits per heavy atom. The van der Waals surface area contributed by atoms with Crippen molar-refractivity contribution in [3.05, 3.63) is 35.9 Å². The van der Waals surface area contributed by atoms with Gasteiger partial charge in [0, 0.05) is 6.04 Å². The molecule has 1 aliphatic heterocycles. The largest absolute Gasteiger partial charge is 0.328 e. The van der Waals surface area contributed by atoms with Gasteiger partial charge >= 0.3 is 6.03 Å². The van der Waals surface area contributed by atoms with Gasteiger partial charge in [-0.15, -0.1) is 0 Å². The van der Waals surface area contributed by atoms with Crippen molar-refractivity contribution in [1.82, 2.24) is 15.5 Å². The van der Waals surface area contributed by atoms with Crippen LogP contribution in [0.15, 0.2) is 30.3 Å². The molecule has 0 spiro atoms. The third-order valence-electron chi connectivity index (χ3n) is 4.39. The quantitative estimate of drug-likeness (QED) is 0.796. The molecule has 1 atom stereocenters. The molecule has 0 aliphatic carbocycles. The van der Waals surface area contributed by atoms with Gasteiger partial charge in [0.05, 0.1) is 0 Å². The normalized spacial score (nSPS) is 18.8. The molecule has 2 N–H and O–H groups in total. The number of nitrogens with zero attached hydrogens (tertiary/aromatic N) is 1. The molecule has 1 aromatic carbocycles. The highest BCUT2D eigenvalue weighted by Gasteiger charge is 2.56. The molecule has 1 aliphatic rings. The molecule has 118 valence electrons. The van der Waals surface area contributed by atoms with Crippen LogP contribution in [0.4, 0.5) is 4.79 Å². The fraction of sp³-hybridized carbons (Fsp3) is 0.438. The molecule has 6 nitrogen and oxygen atoms in total. The first-order chi connectivity index (χ1) is 10.5. The van der Waals surface area contributed by atoms with Gasteiger partial charge in [-0.05, 0) is 25.6 Å². The van der Waals surface area contributed by atoms with Crippen LogP contribution in [0, 0.1) is 0 Å². The minimum Gasteiger partial charge on any atom is -0.299 e. The Balaban J connectivity index is 2.62. The molecule has 0 radical (unpaired) electrons. The highest BCUT2D eigenvalue weighted by atomic mass is 16.2. The lowest BCUT2D eigenvalue weighted by Gasteiger charge is -2.43. The molecule has 4 amide bonds. The minimum atomic E-state index is -1.44. The summed E-state index contributed by atoms with van der Waals surface area (Å²) in [7, 11) is 0. The lowest BCUT2D eigenvalue weighted by Crippen LogP contribution is -2.70. The van der Waals surface area contributed by atoms with Crippen LogP contribution in [0.25, 0.3) is 0 Å². The molecular formula is C16H21N3O3. The average Bonchev–Trinajstić information content (AvgIpc) is 2.49. The Morgan fingerprint density at radius 2 is 1.50 bits per heavy atom. The zero-order valence-electron chi connectivity index (χ0n) is 13.1. The summed E-state index contributed by atoms with van der Waals surface area (Å²) in [6.07, 6.45) is 0. The summed E-state index contributed by atoms with van der Waals surface area (Å²) in [6, 6.07) is 7.71. The van der Waals surface area contributed by atoms with Gasteiger partial charge in [0.2, 0.25) is 11.8 Å². The van der Waals surface area contributed by atoms with E-state index in [1.807, 2.05) is 31.7 Å². The van der Waals surface area contributed by atoms with E-state index in [1.54, 1.807) is 24.3 Å². The smallest absolute Gasteiger partial charge is 0.299 e. The summed E-state index contributed by atoms with van der Waals surface area (Å²) in [5, 5.41) is 4.49. The number of urea groups is 1. The van der Waals surface area contributed by atoms with Crippen molar-refractivity contribution in [2.24, 2.45) is 0 Å². The predicted octanol–water partition coefficient (Wildman–Crippen LogP) is 1.02. The van der Waals surface area contributed by atoms with Gasteiger partial charge in [-0.3, -0.25) is 25.1 Å². The molecule has 1 unspecified atom stereocenters. The first kappa shape index (κ1) is 16.2. The number of rotatable bonds is 5. The second kappa shape index (κ2) is 6.27. The SMILES string of the molecule is CCN(CC)C(C)C1(c2ccccc2)C(=O)NC(=O)NC1=O.